The molecule has 2 nitrogen and oxygen atoms in total. The van der Waals surface area contributed by atoms with Gasteiger partial charge in [-0.1, -0.05) is 26.7 Å². The molecule has 0 spiro atoms. The topological polar surface area (TPSA) is 24.9 Å². The summed E-state index contributed by atoms with van der Waals surface area (Å²) in [5.41, 5.74) is 0.00150. The summed E-state index contributed by atoms with van der Waals surface area (Å²) in [7, 11) is 0. The Morgan fingerprint density at radius 3 is 2.44 bits per heavy atom. The lowest BCUT2D eigenvalue weighted by Crippen LogP contribution is -2.39. The minimum atomic E-state index is 0.00150. The molecular formula is C13H24N2S. The number of aryl methyl sites for hydroxylation is 1. The van der Waals surface area contributed by atoms with E-state index in [9.17, 15) is 0 Å². The average molecular weight is 240 g/mol. The third-order valence-electron chi connectivity index (χ3n) is 3.14. The summed E-state index contributed by atoms with van der Waals surface area (Å²) in [6.07, 6.45) is 4.45. The lowest BCUT2D eigenvalue weighted by Gasteiger charge is -2.26. The van der Waals surface area contributed by atoms with Crippen LogP contribution in [-0.2, 0) is 5.54 Å². The highest BCUT2D eigenvalue weighted by Crippen LogP contribution is 2.25. The van der Waals surface area contributed by atoms with E-state index in [1.54, 1.807) is 11.3 Å². The van der Waals surface area contributed by atoms with Gasteiger partial charge in [0.25, 0.3) is 0 Å². The summed E-state index contributed by atoms with van der Waals surface area (Å²) in [6, 6.07) is 0. The van der Waals surface area contributed by atoms with Crippen molar-refractivity contribution in [2.75, 3.05) is 6.54 Å². The van der Waals surface area contributed by atoms with Crippen LogP contribution in [0.1, 0.15) is 50.4 Å². The molecule has 92 valence electrons. The fourth-order valence-corrected chi connectivity index (χ4v) is 2.54. The quantitative estimate of drug-likeness (QED) is 0.820. The fourth-order valence-electron chi connectivity index (χ4n) is 1.70. The monoisotopic (exact) mass is 240 g/mol. The summed E-state index contributed by atoms with van der Waals surface area (Å²) >= 11 is 1.79. The lowest BCUT2D eigenvalue weighted by atomic mass is 10.0. The van der Waals surface area contributed by atoms with Crippen molar-refractivity contribution in [1.82, 2.24) is 10.3 Å². The van der Waals surface area contributed by atoms with Gasteiger partial charge in [0.1, 0.15) is 5.01 Å². The number of hydrogen-bond acceptors (Lipinski definition) is 3. The largest absolute Gasteiger partial charge is 0.306 e. The summed E-state index contributed by atoms with van der Waals surface area (Å²) in [5, 5.41) is 4.83. The third-order valence-corrected chi connectivity index (χ3v) is 4.38. The highest BCUT2D eigenvalue weighted by atomic mass is 32.1. The first-order chi connectivity index (χ1) is 7.49. The molecule has 1 heterocycles. The molecule has 0 saturated heterocycles. The standard InChI is InChI=1S/C13H24N2S/c1-6-11(7-2)9-15-13(4,5)12-14-8-10(3)16-12/h8,11,15H,6-7,9H2,1-5H3. The zero-order chi connectivity index (χ0) is 12.2. The number of nitrogens with zero attached hydrogens (tertiary/aromatic N) is 1. The predicted molar refractivity (Wildman–Crippen MR) is 72.0 cm³/mol. The van der Waals surface area contributed by atoms with Crippen LogP contribution >= 0.6 is 11.3 Å². The Morgan fingerprint density at radius 1 is 1.38 bits per heavy atom. The molecule has 0 aliphatic heterocycles. The molecule has 1 aromatic rings. The molecule has 0 unspecified atom stereocenters. The molecule has 0 aliphatic rings. The van der Waals surface area contributed by atoms with Crippen LogP contribution in [0, 0.1) is 12.8 Å². The number of hydrogen-bond donors (Lipinski definition) is 1. The Labute approximate surface area is 103 Å². The van der Waals surface area contributed by atoms with Crippen LogP contribution in [0.2, 0.25) is 0 Å². The summed E-state index contributed by atoms with van der Waals surface area (Å²) in [5.74, 6) is 0.778. The first-order valence-corrected chi connectivity index (χ1v) is 6.99. The Hall–Kier alpha value is -0.410. The van der Waals surface area contributed by atoms with E-state index in [0.29, 0.717) is 0 Å². The van der Waals surface area contributed by atoms with E-state index in [1.807, 2.05) is 6.20 Å². The SMILES string of the molecule is CCC(CC)CNC(C)(C)c1ncc(C)s1. The maximum Gasteiger partial charge on any atom is 0.112 e. The molecule has 0 aromatic carbocycles. The molecule has 0 atom stereocenters. The van der Waals surface area contributed by atoms with E-state index in [2.05, 4.69) is 44.9 Å². The first-order valence-electron chi connectivity index (χ1n) is 6.17. The Morgan fingerprint density at radius 2 is 2.00 bits per heavy atom. The van der Waals surface area contributed by atoms with E-state index < -0.39 is 0 Å². The molecule has 0 aliphatic carbocycles. The Bertz CT molecular complexity index is 313. The van der Waals surface area contributed by atoms with E-state index in [1.165, 1.54) is 22.7 Å². The molecule has 1 N–H and O–H groups in total. The molecule has 1 rings (SSSR count). The minimum Gasteiger partial charge on any atom is -0.306 e. The molecule has 0 amide bonds. The molecule has 16 heavy (non-hydrogen) atoms. The van der Waals surface area contributed by atoms with Gasteiger partial charge in [-0.25, -0.2) is 4.98 Å². The van der Waals surface area contributed by atoms with Crippen molar-refractivity contribution < 1.29 is 0 Å². The van der Waals surface area contributed by atoms with Crippen LogP contribution in [0.3, 0.4) is 0 Å². The first kappa shape index (κ1) is 13.7. The number of thiazole rings is 1. The molecule has 0 radical (unpaired) electrons. The van der Waals surface area contributed by atoms with Gasteiger partial charge < -0.3 is 5.32 Å². The van der Waals surface area contributed by atoms with Gasteiger partial charge in [0.2, 0.25) is 0 Å². The van der Waals surface area contributed by atoms with Crippen LogP contribution < -0.4 is 5.32 Å². The van der Waals surface area contributed by atoms with Crippen LogP contribution in [0.5, 0.6) is 0 Å². The summed E-state index contributed by atoms with van der Waals surface area (Å²) in [4.78, 5) is 5.76. The van der Waals surface area contributed by atoms with Gasteiger partial charge in [-0.2, -0.15) is 0 Å². The van der Waals surface area contributed by atoms with Gasteiger partial charge in [0.15, 0.2) is 0 Å². The second kappa shape index (κ2) is 5.78. The zero-order valence-electron chi connectivity index (χ0n) is 11.1. The van der Waals surface area contributed by atoms with Crippen LogP contribution in [0.15, 0.2) is 6.20 Å². The van der Waals surface area contributed by atoms with Crippen LogP contribution in [0.25, 0.3) is 0 Å². The fraction of sp³-hybridized carbons (Fsp3) is 0.769. The van der Waals surface area contributed by atoms with E-state index in [0.717, 1.165) is 12.5 Å². The molecule has 3 heteroatoms. The zero-order valence-corrected chi connectivity index (χ0v) is 11.9. The predicted octanol–water partition coefficient (Wildman–Crippen LogP) is 3.71. The summed E-state index contributed by atoms with van der Waals surface area (Å²) in [6.45, 7) is 12.1. The van der Waals surface area contributed by atoms with Crippen LogP contribution in [-0.4, -0.2) is 11.5 Å². The van der Waals surface area contributed by atoms with E-state index in [4.69, 9.17) is 0 Å². The number of rotatable bonds is 6. The van der Waals surface area contributed by atoms with Gasteiger partial charge in [-0.3, -0.25) is 0 Å². The molecule has 0 saturated carbocycles. The van der Waals surface area contributed by atoms with Gasteiger partial charge in [0.05, 0.1) is 5.54 Å². The molecule has 1 aromatic heterocycles. The molecule has 0 bridgehead atoms. The average Bonchev–Trinajstić information content (AvgIpc) is 2.67. The van der Waals surface area contributed by atoms with Gasteiger partial charge in [-0.05, 0) is 33.2 Å². The van der Waals surface area contributed by atoms with Crippen molar-refractivity contribution in [3.8, 4) is 0 Å². The maximum atomic E-state index is 4.47. The van der Waals surface area contributed by atoms with Gasteiger partial charge >= 0.3 is 0 Å². The van der Waals surface area contributed by atoms with E-state index in [-0.39, 0.29) is 5.54 Å². The second-order valence-corrected chi connectivity index (χ2v) is 6.20. The van der Waals surface area contributed by atoms with Crippen molar-refractivity contribution in [2.24, 2.45) is 5.92 Å². The van der Waals surface area contributed by atoms with Crippen molar-refractivity contribution in [1.29, 1.82) is 0 Å². The van der Waals surface area contributed by atoms with Crippen LogP contribution in [0.4, 0.5) is 0 Å². The van der Waals surface area contributed by atoms with Gasteiger partial charge in [0, 0.05) is 11.1 Å². The van der Waals surface area contributed by atoms with Crippen molar-refractivity contribution >= 4 is 11.3 Å². The molecular weight excluding hydrogens is 216 g/mol. The second-order valence-electron chi connectivity index (χ2n) is 4.96. The lowest BCUT2D eigenvalue weighted by molar-refractivity contribution is 0.343. The Kier molecular flexibility index (Phi) is 4.93. The number of nitrogens with one attached hydrogen (secondary N) is 1. The Balaban J connectivity index is 2.58. The van der Waals surface area contributed by atoms with Crippen molar-refractivity contribution in [3.05, 3.63) is 16.1 Å². The summed E-state index contributed by atoms with van der Waals surface area (Å²) < 4.78 is 0. The van der Waals surface area contributed by atoms with Crippen molar-refractivity contribution in [3.63, 3.8) is 0 Å². The smallest absolute Gasteiger partial charge is 0.112 e. The van der Waals surface area contributed by atoms with Gasteiger partial charge in [-0.15, -0.1) is 11.3 Å². The maximum absolute atomic E-state index is 4.47. The van der Waals surface area contributed by atoms with Crippen molar-refractivity contribution in [2.45, 2.75) is 53.0 Å². The third kappa shape index (κ3) is 3.56. The minimum absolute atomic E-state index is 0.00150. The van der Waals surface area contributed by atoms with E-state index >= 15 is 0 Å². The molecule has 0 fully saturated rings. The normalized spacial score (nSPS) is 12.4. The number of aromatic nitrogens is 1. The highest BCUT2D eigenvalue weighted by molar-refractivity contribution is 7.11. The highest BCUT2D eigenvalue weighted by Gasteiger charge is 2.23.